The summed E-state index contributed by atoms with van der Waals surface area (Å²) in [5.74, 6) is -3.34. The molecule has 0 heterocycles. The number of hydrogen-bond acceptors (Lipinski definition) is 19. The zero-order valence-corrected chi connectivity index (χ0v) is 48.9. The Morgan fingerprint density at radius 2 is 0.827 bits per heavy atom. The molecule has 466 valence electrons. The molecule has 0 aliphatic heterocycles. The molecule has 0 bridgehead atoms. The van der Waals surface area contributed by atoms with E-state index >= 15 is 0 Å². The third-order valence-electron chi connectivity index (χ3n) is 12.3. The van der Waals surface area contributed by atoms with Crippen molar-refractivity contribution in [2.45, 2.75) is 161 Å². The number of carbonyl (C=O) groups excluding carboxylic acids is 9. The Kier molecular flexibility index (Phi) is 43.0. The first-order chi connectivity index (χ1) is 38.5. The maximum atomic E-state index is 13.3. The van der Waals surface area contributed by atoms with E-state index in [1.54, 1.807) is 41.5 Å². The van der Waals surface area contributed by atoms with Gasteiger partial charge in [-0.15, -0.1) is 10.3 Å². The molecule has 0 saturated heterocycles. The van der Waals surface area contributed by atoms with Gasteiger partial charge < -0.3 is 88.7 Å². The third kappa shape index (κ3) is 45.3. The van der Waals surface area contributed by atoms with Crippen LogP contribution in [0, 0.1) is 11.8 Å². The molecule has 0 aliphatic carbocycles. The fraction of sp³-hybridized carbons (Fsp3) is 0.792. The van der Waals surface area contributed by atoms with Crippen molar-refractivity contribution in [3.63, 3.8) is 0 Å². The Balaban J connectivity index is 4.49. The van der Waals surface area contributed by atoms with Gasteiger partial charge in [0.2, 0.25) is 53.2 Å². The predicted molar refractivity (Wildman–Crippen MR) is 303 cm³/mol. The highest BCUT2D eigenvalue weighted by Gasteiger charge is 2.24. The Morgan fingerprint density at radius 1 is 0.457 bits per heavy atom. The normalized spacial score (nSPS) is 12.9. The van der Waals surface area contributed by atoms with Crippen LogP contribution in [0.5, 0.6) is 0 Å². The van der Waals surface area contributed by atoms with Crippen LogP contribution in [-0.2, 0) is 62.1 Å². The second-order valence-corrected chi connectivity index (χ2v) is 20.9. The van der Waals surface area contributed by atoms with Crippen molar-refractivity contribution in [1.82, 2.24) is 47.9 Å². The van der Waals surface area contributed by atoms with E-state index in [9.17, 15) is 43.2 Å². The van der Waals surface area contributed by atoms with Crippen LogP contribution in [0.1, 0.15) is 138 Å². The van der Waals surface area contributed by atoms with E-state index in [1.807, 2.05) is 0 Å². The van der Waals surface area contributed by atoms with Crippen LogP contribution in [0.15, 0.2) is 10.3 Å². The number of hydrogen-bond donors (Lipinski definition) is 13. The number of amides is 9. The summed E-state index contributed by atoms with van der Waals surface area (Å²) >= 11 is 0. The Hall–Kier alpha value is -6.07. The summed E-state index contributed by atoms with van der Waals surface area (Å²) in [6, 6.07) is -1.31. The molecule has 0 spiro atoms. The highest BCUT2D eigenvalue weighted by Crippen LogP contribution is 2.09. The van der Waals surface area contributed by atoms with Gasteiger partial charge in [-0.2, -0.15) is 0 Å². The molecule has 0 rings (SSSR count). The summed E-state index contributed by atoms with van der Waals surface area (Å²) in [5.41, 5.74) is 9.22. The minimum absolute atomic E-state index is 0.0202. The quantitative estimate of drug-likeness (QED) is 0.0156. The van der Waals surface area contributed by atoms with Gasteiger partial charge >= 0.3 is 0 Å². The van der Waals surface area contributed by atoms with Crippen LogP contribution in [0.2, 0.25) is 0 Å². The van der Waals surface area contributed by atoms with E-state index in [1.165, 1.54) is 12.4 Å². The van der Waals surface area contributed by atoms with Crippen LogP contribution < -0.4 is 59.3 Å². The van der Waals surface area contributed by atoms with E-state index in [2.05, 4.69) is 58.2 Å². The summed E-state index contributed by atoms with van der Waals surface area (Å²) in [5, 5.41) is 50.2. The molecule has 0 aromatic carbocycles. The Morgan fingerprint density at radius 3 is 1.27 bits per heavy atom. The van der Waals surface area contributed by atoms with Gasteiger partial charge in [0.15, 0.2) is 0 Å². The number of nitrogens with zero attached hydrogens (tertiary/aromatic N) is 2. The van der Waals surface area contributed by atoms with E-state index in [0.29, 0.717) is 64.6 Å². The first-order valence-electron chi connectivity index (χ1n) is 28.2. The van der Waals surface area contributed by atoms with Crippen molar-refractivity contribution >= 4 is 65.6 Å². The number of unbranched alkanes of at least 4 members (excludes halogenated alkanes) is 3. The molecule has 28 nitrogen and oxygen atoms in total. The summed E-state index contributed by atoms with van der Waals surface area (Å²) < 4.78 is 21.4. The number of rotatable bonds is 52. The first-order valence-corrected chi connectivity index (χ1v) is 28.2. The van der Waals surface area contributed by atoms with E-state index in [-0.39, 0.29) is 171 Å². The molecular weight excluding hydrogens is 1060 g/mol. The first kappa shape index (κ1) is 74.9. The lowest BCUT2D eigenvalue weighted by Crippen LogP contribution is -2.55. The van der Waals surface area contributed by atoms with Gasteiger partial charge in [-0.25, -0.2) is 0 Å². The maximum Gasteiger partial charge on any atom is 0.246 e. The standard InChI is InChI=1S/C53H99N13O15/c1-39(49(54)73)15-7-10-23-57-47(71)35-80-31-30-79-28-26-59-48(72)36-81-32-29-78-27-25-58-44(68)19-13-18-43(67)56-22-12-9-17-42(51(75)60-24-11-8-16-40(2)50(55)74)66-46(70)21-14-20-45(69)65-41(33-61-52(3,4)37-63-76)34-62-53(5,6)38-64-77/h37-42,61-62,76-77H,7-36H2,1-6H3,(H2,54,73)(H2,55,74)(H,56,67)(H,57,71)(H,58,68)(H,59,72)(H,60,75)(H,65,69)(H,66,70)/b63-37-,64-38-/t39-,40-,42-/m0/s1. The van der Waals surface area contributed by atoms with Gasteiger partial charge in [-0.3, -0.25) is 43.2 Å². The molecule has 0 saturated carbocycles. The lowest BCUT2D eigenvalue weighted by atomic mass is 10.0. The lowest BCUT2D eigenvalue weighted by molar-refractivity contribution is -0.129. The van der Waals surface area contributed by atoms with Gasteiger partial charge in [0, 0.05) is 83.3 Å². The lowest BCUT2D eigenvalue weighted by Gasteiger charge is -2.29. The fourth-order valence-corrected chi connectivity index (χ4v) is 7.25. The van der Waals surface area contributed by atoms with Crippen molar-refractivity contribution in [1.29, 1.82) is 0 Å². The van der Waals surface area contributed by atoms with E-state index in [4.69, 9.17) is 40.8 Å². The molecule has 81 heavy (non-hydrogen) atoms. The molecule has 0 aliphatic rings. The molecule has 0 radical (unpaired) electrons. The number of ether oxygens (including phenoxy) is 4. The van der Waals surface area contributed by atoms with Crippen LogP contribution in [-0.4, -0.2) is 198 Å². The average Bonchev–Trinajstić information content (AvgIpc) is 3.39. The van der Waals surface area contributed by atoms with Crippen molar-refractivity contribution in [2.24, 2.45) is 33.6 Å². The second kappa shape index (κ2) is 46.5. The van der Waals surface area contributed by atoms with Crippen molar-refractivity contribution < 1.29 is 72.5 Å². The molecule has 15 N–H and O–H groups in total. The van der Waals surface area contributed by atoms with Crippen LogP contribution in [0.4, 0.5) is 0 Å². The van der Waals surface area contributed by atoms with E-state index in [0.717, 1.165) is 12.8 Å². The number of carbonyl (C=O) groups is 9. The SMILES string of the molecule is C[C@@H](CCCCNC(=O)COCCOCCNC(=O)COCCOCCNC(=O)CCCC(=O)NCCCC[C@H](NC(=O)CCCC(=O)NC(CNC(C)(C)/C=N\O)CNC(C)(C)/C=N\O)C(=O)NCCCC[C@H](C)C(N)=O)C(N)=O. The molecule has 9 amide bonds. The molecule has 0 aromatic heterocycles. The largest absolute Gasteiger partial charge is 0.411 e. The maximum absolute atomic E-state index is 13.3. The van der Waals surface area contributed by atoms with Crippen molar-refractivity contribution in [2.75, 3.05) is 98.7 Å². The van der Waals surface area contributed by atoms with Crippen LogP contribution in [0.3, 0.4) is 0 Å². The fourth-order valence-electron chi connectivity index (χ4n) is 7.25. The molecule has 0 aromatic rings. The number of oxime groups is 2. The third-order valence-corrected chi connectivity index (χ3v) is 12.3. The second-order valence-electron chi connectivity index (χ2n) is 20.9. The number of nitrogens with one attached hydrogen (secondary N) is 9. The zero-order chi connectivity index (χ0) is 60.7. The zero-order valence-electron chi connectivity index (χ0n) is 48.9. The topological polar surface area (TPSA) is 416 Å². The Bertz CT molecular complexity index is 1870. The molecule has 0 unspecified atom stereocenters. The van der Waals surface area contributed by atoms with Crippen molar-refractivity contribution in [3.8, 4) is 0 Å². The summed E-state index contributed by atoms with van der Waals surface area (Å²) in [6.07, 6.45) is 8.74. The van der Waals surface area contributed by atoms with Gasteiger partial charge in [0.1, 0.15) is 19.3 Å². The smallest absolute Gasteiger partial charge is 0.246 e. The van der Waals surface area contributed by atoms with Gasteiger partial charge in [0.25, 0.3) is 0 Å². The van der Waals surface area contributed by atoms with Crippen molar-refractivity contribution in [3.05, 3.63) is 0 Å². The highest BCUT2D eigenvalue weighted by molar-refractivity contribution is 5.88. The molecule has 3 atom stereocenters. The molecule has 28 heteroatoms. The minimum atomic E-state index is -0.873. The average molecular weight is 1160 g/mol. The minimum Gasteiger partial charge on any atom is -0.411 e. The monoisotopic (exact) mass is 1160 g/mol. The van der Waals surface area contributed by atoms with Crippen LogP contribution in [0.25, 0.3) is 0 Å². The highest BCUT2D eigenvalue weighted by atomic mass is 16.5. The summed E-state index contributed by atoms with van der Waals surface area (Å²) in [7, 11) is 0. The molecule has 0 fully saturated rings. The van der Waals surface area contributed by atoms with E-state index < -0.39 is 35.0 Å². The summed E-state index contributed by atoms with van der Waals surface area (Å²) in [4.78, 5) is 110. The van der Waals surface area contributed by atoms with Gasteiger partial charge in [-0.1, -0.05) is 26.7 Å². The Labute approximate surface area is 478 Å². The van der Waals surface area contributed by atoms with Crippen LogP contribution >= 0.6 is 0 Å². The predicted octanol–water partition coefficient (Wildman–Crippen LogP) is -0.646. The van der Waals surface area contributed by atoms with Gasteiger partial charge in [0.05, 0.1) is 69.2 Å². The molecular formula is C53H99N13O15. The number of primary amides is 2. The number of nitrogens with two attached hydrogens (primary N) is 2. The van der Waals surface area contributed by atoms with Gasteiger partial charge in [-0.05, 0) is 85.5 Å². The summed E-state index contributed by atoms with van der Waals surface area (Å²) in [6.45, 7) is 14.0.